The zero-order valence-corrected chi connectivity index (χ0v) is 8.60. The quantitative estimate of drug-likeness (QED) is 0.790. The van der Waals surface area contributed by atoms with Gasteiger partial charge in [0.25, 0.3) is 0 Å². The van der Waals surface area contributed by atoms with E-state index in [1.165, 1.54) is 0 Å². The van der Waals surface area contributed by atoms with Crippen molar-refractivity contribution < 1.29 is 4.79 Å². The Morgan fingerprint density at radius 3 is 3.13 bits per heavy atom. The van der Waals surface area contributed by atoms with Crippen LogP contribution in [-0.4, -0.2) is 28.9 Å². The molecular weight excluding hydrogens is 190 g/mol. The molecule has 0 bridgehead atoms. The lowest BCUT2D eigenvalue weighted by atomic mass is 10.1. The summed E-state index contributed by atoms with van der Waals surface area (Å²) in [5.74, 6) is -0.266. The van der Waals surface area contributed by atoms with Crippen LogP contribution in [0.1, 0.15) is 24.6 Å². The molecule has 1 amide bonds. The number of carbonyl (C=O) groups excluding carboxylic acids is 1. The molecule has 0 radical (unpaired) electrons. The van der Waals surface area contributed by atoms with Crippen molar-refractivity contribution in [2.45, 2.75) is 18.9 Å². The van der Waals surface area contributed by atoms with Crippen LogP contribution in [0.15, 0.2) is 24.4 Å². The van der Waals surface area contributed by atoms with Crippen molar-refractivity contribution in [2.24, 2.45) is 5.73 Å². The molecule has 0 saturated carbocycles. The molecule has 2 rings (SSSR count). The van der Waals surface area contributed by atoms with Crippen molar-refractivity contribution in [3.63, 3.8) is 0 Å². The van der Waals surface area contributed by atoms with E-state index in [1.54, 1.807) is 6.20 Å². The van der Waals surface area contributed by atoms with Crippen molar-refractivity contribution in [1.82, 2.24) is 9.88 Å². The molecule has 2 N–H and O–H groups in total. The van der Waals surface area contributed by atoms with Gasteiger partial charge in [0.2, 0.25) is 5.91 Å². The molecule has 1 aliphatic rings. The van der Waals surface area contributed by atoms with E-state index >= 15 is 0 Å². The van der Waals surface area contributed by atoms with Gasteiger partial charge in [0.15, 0.2) is 0 Å². The molecule has 0 unspecified atom stereocenters. The summed E-state index contributed by atoms with van der Waals surface area (Å²) in [4.78, 5) is 17.3. The highest BCUT2D eigenvalue weighted by Gasteiger charge is 2.27. The molecule has 0 aromatic carbocycles. The predicted molar refractivity (Wildman–Crippen MR) is 57.0 cm³/mol. The molecule has 1 fully saturated rings. The zero-order chi connectivity index (χ0) is 10.7. The number of aromatic nitrogens is 1. The summed E-state index contributed by atoms with van der Waals surface area (Å²) in [7, 11) is 0. The summed E-state index contributed by atoms with van der Waals surface area (Å²) >= 11 is 0. The van der Waals surface area contributed by atoms with Crippen molar-refractivity contribution in [2.75, 3.05) is 13.1 Å². The summed E-state index contributed by atoms with van der Waals surface area (Å²) in [5.41, 5.74) is 6.25. The van der Waals surface area contributed by atoms with Gasteiger partial charge < -0.3 is 5.73 Å². The van der Waals surface area contributed by atoms with Crippen LogP contribution >= 0.6 is 0 Å². The van der Waals surface area contributed by atoms with Crippen LogP contribution in [0.4, 0.5) is 0 Å². The summed E-state index contributed by atoms with van der Waals surface area (Å²) in [6.07, 6.45) is 3.95. The minimum Gasteiger partial charge on any atom is -0.369 e. The molecule has 0 spiro atoms. The number of nitrogens with zero attached hydrogens (tertiary/aromatic N) is 2. The van der Waals surface area contributed by atoms with Gasteiger partial charge in [-0.2, -0.15) is 0 Å². The first-order chi connectivity index (χ1) is 7.27. The Morgan fingerprint density at radius 1 is 1.60 bits per heavy atom. The van der Waals surface area contributed by atoms with E-state index in [9.17, 15) is 4.79 Å². The second-order valence-corrected chi connectivity index (χ2v) is 3.85. The van der Waals surface area contributed by atoms with Gasteiger partial charge in [-0.1, -0.05) is 6.07 Å². The molecule has 1 saturated heterocycles. The largest absolute Gasteiger partial charge is 0.369 e. The maximum absolute atomic E-state index is 10.9. The lowest BCUT2D eigenvalue weighted by Crippen LogP contribution is -2.33. The van der Waals surface area contributed by atoms with Crippen molar-refractivity contribution in [3.05, 3.63) is 30.1 Å². The third-order valence-corrected chi connectivity index (χ3v) is 2.75. The number of likely N-dealkylation sites (tertiary alicyclic amines) is 1. The van der Waals surface area contributed by atoms with Gasteiger partial charge in [-0.05, 0) is 31.5 Å². The maximum Gasteiger partial charge on any atom is 0.231 e. The Morgan fingerprint density at radius 2 is 2.47 bits per heavy atom. The first-order valence-electron chi connectivity index (χ1n) is 5.20. The minimum atomic E-state index is -0.266. The monoisotopic (exact) mass is 205 g/mol. The first kappa shape index (κ1) is 10.1. The van der Waals surface area contributed by atoms with Crippen LogP contribution in [0.25, 0.3) is 0 Å². The number of rotatable bonds is 3. The molecular formula is C11H15N3O. The van der Waals surface area contributed by atoms with Crippen LogP contribution in [0.3, 0.4) is 0 Å². The van der Waals surface area contributed by atoms with E-state index in [-0.39, 0.29) is 11.9 Å². The minimum absolute atomic E-state index is 0.263. The van der Waals surface area contributed by atoms with E-state index in [1.807, 2.05) is 18.2 Å². The van der Waals surface area contributed by atoms with Gasteiger partial charge in [0.1, 0.15) is 0 Å². The molecule has 15 heavy (non-hydrogen) atoms. The lowest BCUT2D eigenvalue weighted by Gasteiger charge is -2.22. The maximum atomic E-state index is 10.9. The molecule has 0 aliphatic carbocycles. The van der Waals surface area contributed by atoms with Crippen LogP contribution in [0.2, 0.25) is 0 Å². The van der Waals surface area contributed by atoms with E-state index in [0.717, 1.165) is 25.1 Å². The molecule has 1 aromatic heterocycles. The summed E-state index contributed by atoms with van der Waals surface area (Å²) in [6, 6.07) is 6.14. The second-order valence-electron chi connectivity index (χ2n) is 3.85. The Kier molecular flexibility index (Phi) is 2.97. The highest BCUT2D eigenvalue weighted by molar-refractivity contribution is 5.76. The van der Waals surface area contributed by atoms with Gasteiger partial charge in [-0.3, -0.25) is 14.7 Å². The third kappa shape index (κ3) is 2.33. The van der Waals surface area contributed by atoms with E-state index in [0.29, 0.717) is 6.54 Å². The fraction of sp³-hybridized carbons (Fsp3) is 0.455. The van der Waals surface area contributed by atoms with Crippen LogP contribution < -0.4 is 5.73 Å². The Bertz CT molecular complexity index is 339. The number of primary amides is 1. The van der Waals surface area contributed by atoms with Crippen molar-refractivity contribution in [1.29, 1.82) is 0 Å². The second kappa shape index (κ2) is 4.40. The fourth-order valence-electron chi connectivity index (χ4n) is 2.12. The molecule has 2 heterocycles. The number of hydrogen-bond donors (Lipinski definition) is 1. The number of pyridine rings is 1. The van der Waals surface area contributed by atoms with Crippen molar-refractivity contribution >= 4 is 5.91 Å². The predicted octanol–water partition coefficient (Wildman–Crippen LogP) is 0.704. The smallest absolute Gasteiger partial charge is 0.231 e. The van der Waals surface area contributed by atoms with Crippen molar-refractivity contribution in [3.8, 4) is 0 Å². The fourth-order valence-corrected chi connectivity index (χ4v) is 2.12. The topological polar surface area (TPSA) is 59.2 Å². The number of hydrogen-bond acceptors (Lipinski definition) is 3. The van der Waals surface area contributed by atoms with Gasteiger partial charge >= 0.3 is 0 Å². The van der Waals surface area contributed by atoms with Gasteiger partial charge in [-0.25, -0.2) is 0 Å². The van der Waals surface area contributed by atoms with Crippen LogP contribution in [0.5, 0.6) is 0 Å². The van der Waals surface area contributed by atoms with Gasteiger partial charge in [-0.15, -0.1) is 0 Å². The molecule has 1 aliphatic heterocycles. The average Bonchev–Trinajstić information content (AvgIpc) is 2.66. The highest BCUT2D eigenvalue weighted by Crippen LogP contribution is 2.29. The van der Waals surface area contributed by atoms with Gasteiger partial charge in [0, 0.05) is 6.20 Å². The van der Waals surface area contributed by atoms with Crippen LogP contribution in [-0.2, 0) is 4.79 Å². The number of amides is 1. The summed E-state index contributed by atoms with van der Waals surface area (Å²) in [5, 5.41) is 0. The normalized spacial score (nSPS) is 21.7. The highest BCUT2D eigenvalue weighted by atomic mass is 16.1. The standard InChI is InChI=1S/C11H15N3O/c12-11(15)8-14-7-3-5-10(14)9-4-1-2-6-13-9/h1-2,4,6,10H,3,5,7-8H2,(H2,12,15)/t10-/m0/s1. The molecule has 1 aromatic rings. The van der Waals surface area contributed by atoms with Gasteiger partial charge in [0.05, 0.1) is 18.3 Å². The number of carbonyl (C=O) groups is 1. The molecule has 4 heteroatoms. The molecule has 80 valence electrons. The Labute approximate surface area is 89.1 Å². The summed E-state index contributed by atoms with van der Waals surface area (Å²) in [6.45, 7) is 1.27. The molecule has 1 atom stereocenters. The van der Waals surface area contributed by atoms with E-state index < -0.39 is 0 Å². The first-order valence-corrected chi connectivity index (χ1v) is 5.20. The molecule has 4 nitrogen and oxygen atoms in total. The third-order valence-electron chi connectivity index (χ3n) is 2.75. The zero-order valence-electron chi connectivity index (χ0n) is 8.60. The SMILES string of the molecule is NC(=O)CN1CCC[C@H]1c1ccccn1. The lowest BCUT2D eigenvalue weighted by molar-refractivity contribution is -0.119. The number of nitrogens with two attached hydrogens (primary N) is 1. The summed E-state index contributed by atoms with van der Waals surface area (Å²) < 4.78 is 0. The van der Waals surface area contributed by atoms with E-state index in [2.05, 4.69) is 9.88 Å². The Balaban J connectivity index is 2.11. The Hall–Kier alpha value is -1.42. The average molecular weight is 205 g/mol. The van der Waals surface area contributed by atoms with E-state index in [4.69, 9.17) is 5.73 Å². The van der Waals surface area contributed by atoms with Crippen LogP contribution in [0, 0.1) is 0 Å².